The molecule has 4 nitrogen and oxygen atoms in total. The van der Waals surface area contributed by atoms with Crippen molar-refractivity contribution in [3.63, 3.8) is 0 Å². The number of azo groups is 1. The minimum Gasteiger partial charge on any atom is -1.00 e. The zero-order valence-electron chi connectivity index (χ0n) is 19.6. The molecule has 0 N–H and O–H groups in total. The number of fused-ring (bicyclic) bond motifs is 1. The van der Waals surface area contributed by atoms with E-state index in [9.17, 15) is 0 Å². The van der Waals surface area contributed by atoms with Crippen molar-refractivity contribution in [3.8, 4) is 5.75 Å². The van der Waals surface area contributed by atoms with Crippen LogP contribution in [0.4, 0.5) is 11.4 Å². The summed E-state index contributed by atoms with van der Waals surface area (Å²) in [5.41, 5.74) is 4.93. The number of hydrogen-bond donors (Lipinski definition) is 0. The monoisotopic (exact) mass is 609 g/mol. The second-order valence-corrected chi connectivity index (χ2v) is 11.1. The van der Waals surface area contributed by atoms with E-state index >= 15 is 0 Å². The standard InChI is InChI=1S/C26H33BrN3O.HI/c1-26(2)20-11-10-18(22(26)15-20)16-30(3,4)17-19-14-21(12-13-25(19)31-5)28-29-24-9-7-6-8-23(24)27;/h6-10,12-14,20,22H,11,15-17H2,1-5H3;1H/q+1;/p-1/t20-,22-;/m0./s1. The fraction of sp³-hybridized carbons (Fsp3) is 0.462. The number of halogens is 2. The summed E-state index contributed by atoms with van der Waals surface area (Å²) in [7, 11) is 6.36. The van der Waals surface area contributed by atoms with Gasteiger partial charge in [-0.3, -0.25) is 0 Å². The van der Waals surface area contributed by atoms with Crippen LogP contribution < -0.4 is 28.7 Å². The molecule has 2 aromatic rings. The molecule has 2 aromatic carbocycles. The van der Waals surface area contributed by atoms with Gasteiger partial charge >= 0.3 is 0 Å². The van der Waals surface area contributed by atoms with Crippen molar-refractivity contribution in [3.05, 3.63) is 64.1 Å². The number of quaternary nitrogens is 1. The molecule has 0 heterocycles. The van der Waals surface area contributed by atoms with E-state index in [2.05, 4.69) is 66.2 Å². The molecule has 0 spiro atoms. The summed E-state index contributed by atoms with van der Waals surface area (Å²) in [6, 6.07) is 13.9. The summed E-state index contributed by atoms with van der Waals surface area (Å²) < 4.78 is 7.51. The lowest BCUT2D eigenvalue weighted by Crippen LogP contribution is -3.00. The van der Waals surface area contributed by atoms with Crippen LogP contribution in [0.3, 0.4) is 0 Å². The van der Waals surface area contributed by atoms with Crippen LogP contribution in [0.15, 0.2) is 68.8 Å². The number of nitrogens with zero attached hydrogens (tertiary/aromatic N) is 3. The second-order valence-electron chi connectivity index (χ2n) is 10.2. The first-order chi connectivity index (χ1) is 14.7. The Kier molecular flexibility index (Phi) is 7.88. The van der Waals surface area contributed by atoms with Crippen LogP contribution in [0.5, 0.6) is 5.75 Å². The molecule has 3 aliphatic rings. The van der Waals surface area contributed by atoms with Gasteiger partial charge in [-0.15, -0.1) is 5.11 Å². The number of allylic oxidation sites excluding steroid dienone is 1. The minimum absolute atomic E-state index is 0. The van der Waals surface area contributed by atoms with Crippen molar-refractivity contribution in [2.45, 2.75) is 33.2 Å². The number of benzene rings is 2. The van der Waals surface area contributed by atoms with E-state index in [4.69, 9.17) is 4.74 Å². The summed E-state index contributed by atoms with van der Waals surface area (Å²) >= 11 is 3.53. The summed E-state index contributed by atoms with van der Waals surface area (Å²) in [5, 5.41) is 8.89. The third kappa shape index (κ3) is 5.28. The highest BCUT2D eigenvalue weighted by molar-refractivity contribution is 9.10. The van der Waals surface area contributed by atoms with Crippen molar-refractivity contribution in [2.24, 2.45) is 27.5 Å². The molecule has 0 radical (unpaired) electrons. The van der Waals surface area contributed by atoms with Gasteiger partial charge in [0.2, 0.25) is 0 Å². The lowest BCUT2D eigenvalue weighted by Gasteiger charge is -2.57. The molecule has 0 unspecified atom stereocenters. The minimum atomic E-state index is 0. The topological polar surface area (TPSA) is 34.0 Å². The van der Waals surface area contributed by atoms with Crippen LogP contribution in [0.2, 0.25) is 0 Å². The number of ether oxygens (including phenoxy) is 1. The molecule has 2 bridgehead atoms. The molecule has 0 amide bonds. The Morgan fingerprint density at radius 1 is 1.09 bits per heavy atom. The Morgan fingerprint density at radius 3 is 2.50 bits per heavy atom. The molecule has 2 atom stereocenters. The Balaban J connectivity index is 0.00000289. The fourth-order valence-electron chi connectivity index (χ4n) is 5.26. The maximum atomic E-state index is 5.68. The first-order valence-electron chi connectivity index (χ1n) is 11.0. The maximum absolute atomic E-state index is 5.68. The van der Waals surface area contributed by atoms with E-state index in [1.165, 1.54) is 18.4 Å². The van der Waals surface area contributed by atoms with Crippen molar-refractivity contribution < 1.29 is 33.2 Å². The van der Waals surface area contributed by atoms with Gasteiger partial charge in [-0.05, 0) is 81.9 Å². The predicted molar refractivity (Wildman–Crippen MR) is 130 cm³/mol. The summed E-state index contributed by atoms with van der Waals surface area (Å²) in [4.78, 5) is 0. The van der Waals surface area contributed by atoms with Crippen molar-refractivity contribution in [2.75, 3.05) is 27.7 Å². The van der Waals surface area contributed by atoms with Crippen LogP contribution >= 0.6 is 15.9 Å². The molecule has 32 heavy (non-hydrogen) atoms. The molecule has 1 fully saturated rings. The molecule has 0 aromatic heterocycles. The van der Waals surface area contributed by atoms with Gasteiger partial charge in [-0.1, -0.05) is 32.1 Å². The highest BCUT2D eigenvalue weighted by Crippen LogP contribution is 2.59. The second kappa shape index (κ2) is 9.94. The number of hydrogen-bond acceptors (Lipinski definition) is 3. The molecule has 0 aliphatic heterocycles. The Bertz CT molecular complexity index is 1030. The molecule has 3 aliphatic carbocycles. The molecular weight excluding hydrogens is 577 g/mol. The summed E-state index contributed by atoms with van der Waals surface area (Å²) in [6.45, 7) is 6.85. The Hall–Kier alpha value is -1.25. The van der Waals surface area contributed by atoms with E-state index in [0.29, 0.717) is 5.41 Å². The van der Waals surface area contributed by atoms with Crippen LogP contribution in [-0.2, 0) is 6.54 Å². The predicted octanol–water partition coefficient (Wildman–Crippen LogP) is 4.45. The van der Waals surface area contributed by atoms with Gasteiger partial charge in [0.05, 0.1) is 38.1 Å². The zero-order valence-corrected chi connectivity index (χ0v) is 23.4. The van der Waals surface area contributed by atoms with Gasteiger partial charge in [-0.25, -0.2) is 0 Å². The van der Waals surface area contributed by atoms with Gasteiger partial charge in [0.25, 0.3) is 0 Å². The Labute approximate surface area is 217 Å². The fourth-order valence-corrected chi connectivity index (χ4v) is 5.63. The highest BCUT2D eigenvalue weighted by Gasteiger charge is 2.52. The lowest BCUT2D eigenvalue weighted by atomic mass is 9.49. The van der Waals surface area contributed by atoms with Crippen molar-refractivity contribution in [1.82, 2.24) is 0 Å². The third-order valence-electron chi connectivity index (χ3n) is 7.18. The first kappa shape index (κ1) is 25.4. The normalized spacial score (nSPS) is 21.5. The lowest BCUT2D eigenvalue weighted by molar-refractivity contribution is -0.899. The smallest absolute Gasteiger partial charge is 0.127 e. The molecule has 0 saturated heterocycles. The number of rotatable bonds is 7. The highest BCUT2D eigenvalue weighted by atomic mass is 127. The van der Waals surface area contributed by atoms with Gasteiger partial charge < -0.3 is 33.2 Å². The van der Waals surface area contributed by atoms with E-state index in [1.54, 1.807) is 12.7 Å². The zero-order chi connectivity index (χ0) is 22.2. The molecule has 6 heteroatoms. The average molecular weight is 610 g/mol. The van der Waals surface area contributed by atoms with Crippen molar-refractivity contribution in [1.29, 1.82) is 0 Å². The van der Waals surface area contributed by atoms with Crippen LogP contribution in [0, 0.1) is 17.3 Å². The Morgan fingerprint density at radius 2 is 1.84 bits per heavy atom. The number of likely N-dealkylation sites (N-methyl/N-ethyl adjacent to an activating group) is 1. The van der Waals surface area contributed by atoms with Gasteiger partial charge in [-0.2, -0.15) is 5.11 Å². The van der Waals surface area contributed by atoms with E-state index in [-0.39, 0.29) is 24.0 Å². The molecular formula is C26H33BrIN3O. The SMILES string of the molecule is COc1ccc(N=Nc2ccccc2Br)cc1C[N+](C)(C)CC1=CC[C@H]2C[C@@H]1C2(C)C.[I-]. The summed E-state index contributed by atoms with van der Waals surface area (Å²) in [6.07, 6.45) is 5.13. The first-order valence-corrected chi connectivity index (χ1v) is 11.8. The van der Waals surface area contributed by atoms with Gasteiger partial charge in [0, 0.05) is 4.47 Å². The summed E-state index contributed by atoms with van der Waals surface area (Å²) in [5.74, 6) is 2.53. The quantitative estimate of drug-likeness (QED) is 0.198. The average Bonchev–Trinajstić information content (AvgIpc) is 2.72. The third-order valence-corrected chi connectivity index (χ3v) is 7.85. The van der Waals surface area contributed by atoms with E-state index < -0.39 is 0 Å². The van der Waals surface area contributed by atoms with E-state index in [1.807, 2.05) is 36.4 Å². The van der Waals surface area contributed by atoms with Gasteiger partial charge in [0.15, 0.2) is 0 Å². The van der Waals surface area contributed by atoms with Crippen LogP contribution in [0.25, 0.3) is 0 Å². The maximum Gasteiger partial charge on any atom is 0.127 e. The molecule has 172 valence electrons. The largest absolute Gasteiger partial charge is 1.00 e. The molecule has 1 saturated carbocycles. The van der Waals surface area contributed by atoms with Crippen molar-refractivity contribution >= 4 is 27.3 Å². The van der Waals surface area contributed by atoms with Gasteiger partial charge in [0.1, 0.15) is 18.8 Å². The van der Waals surface area contributed by atoms with Crippen LogP contribution in [0.1, 0.15) is 32.3 Å². The number of methoxy groups -OCH3 is 1. The molecule has 5 rings (SSSR count). The van der Waals surface area contributed by atoms with E-state index in [0.717, 1.165) is 51.0 Å². The van der Waals surface area contributed by atoms with Crippen LogP contribution in [-0.4, -0.2) is 32.2 Å².